The Morgan fingerprint density at radius 3 is 1.97 bits per heavy atom. The van der Waals surface area contributed by atoms with Gasteiger partial charge >= 0.3 is 12.4 Å². The van der Waals surface area contributed by atoms with Crippen LogP contribution in [0.25, 0.3) is 0 Å². The Labute approximate surface area is 193 Å². The molecule has 0 bridgehead atoms. The predicted molar refractivity (Wildman–Crippen MR) is 117 cm³/mol. The monoisotopic (exact) mass is 488 g/mol. The molecule has 1 aromatic heterocycles. The van der Waals surface area contributed by atoms with Crippen LogP contribution in [0.5, 0.6) is 0 Å². The lowest BCUT2D eigenvalue weighted by Crippen LogP contribution is -2.38. The maximum atomic E-state index is 13.1. The lowest BCUT2D eigenvalue weighted by atomic mass is 9.96. The van der Waals surface area contributed by atoms with Crippen molar-refractivity contribution in [1.29, 1.82) is 0 Å². The molecule has 1 saturated carbocycles. The van der Waals surface area contributed by atoms with E-state index in [0.717, 1.165) is 5.69 Å². The first-order valence-corrected chi connectivity index (χ1v) is 10.9. The molecular weight excluding hydrogens is 462 g/mol. The van der Waals surface area contributed by atoms with Gasteiger partial charge in [0.15, 0.2) is 0 Å². The number of hydrogen-bond acceptors (Lipinski definition) is 4. The fourth-order valence-corrected chi connectivity index (χ4v) is 4.01. The van der Waals surface area contributed by atoms with Crippen LogP contribution < -0.4 is 16.0 Å². The summed E-state index contributed by atoms with van der Waals surface area (Å²) in [6.45, 7) is 1.97. The number of alkyl halides is 6. The van der Waals surface area contributed by atoms with Crippen LogP contribution >= 0.6 is 0 Å². The normalized spacial score (nSPS) is 21.5. The van der Waals surface area contributed by atoms with Crippen molar-refractivity contribution in [2.45, 2.75) is 57.0 Å². The highest BCUT2D eigenvalue weighted by Gasteiger charge is 2.39. The average Bonchev–Trinajstić information content (AvgIpc) is 2.94. The Kier molecular flexibility index (Phi) is 7.62. The smallest absolute Gasteiger partial charge is 0.388 e. The molecule has 1 aliphatic carbocycles. The van der Waals surface area contributed by atoms with Crippen LogP contribution in [-0.2, 0) is 12.4 Å². The van der Waals surface area contributed by atoms with Crippen molar-refractivity contribution >= 4 is 17.3 Å². The van der Waals surface area contributed by atoms with Gasteiger partial charge in [-0.15, -0.1) is 0 Å². The number of hydrogen-bond donors (Lipinski definition) is 3. The molecule has 1 aliphatic rings. The summed E-state index contributed by atoms with van der Waals surface area (Å²) in [4.78, 5) is 15.4. The summed E-state index contributed by atoms with van der Waals surface area (Å²) in [5, 5.41) is 8.81. The van der Waals surface area contributed by atoms with Crippen LogP contribution in [0, 0.1) is 5.92 Å². The van der Waals surface area contributed by atoms with Gasteiger partial charge in [-0.05, 0) is 68.0 Å². The lowest BCUT2D eigenvalue weighted by molar-refractivity contribution is -0.150. The molecule has 1 unspecified atom stereocenters. The van der Waals surface area contributed by atoms with Crippen LogP contribution in [0.15, 0.2) is 36.4 Å². The number of benzene rings is 1. The number of halogens is 6. The predicted octanol–water partition coefficient (Wildman–Crippen LogP) is 5.95. The highest BCUT2D eigenvalue weighted by molar-refractivity contribution is 5.94. The van der Waals surface area contributed by atoms with Gasteiger partial charge in [-0.2, -0.15) is 26.3 Å². The molecule has 3 rings (SSSR count). The minimum Gasteiger partial charge on any atom is -0.388 e. The van der Waals surface area contributed by atoms with E-state index < -0.39 is 23.7 Å². The van der Waals surface area contributed by atoms with Gasteiger partial charge < -0.3 is 16.0 Å². The average molecular weight is 488 g/mol. The molecule has 34 heavy (non-hydrogen) atoms. The van der Waals surface area contributed by atoms with E-state index in [-0.39, 0.29) is 29.6 Å². The molecule has 1 fully saturated rings. The third-order valence-corrected chi connectivity index (χ3v) is 6.01. The van der Waals surface area contributed by atoms with Crippen molar-refractivity contribution < 1.29 is 31.1 Å². The van der Waals surface area contributed by atoms with Crippen LogP contribution in [0.1, 0.15) is 54.4 Å². The van der Waals surface area contributed by atoms with E-state index in [0.29, 0.717) is 43.4 Å². The summed E-state index contributed by atoms with van der Waals surface area (Å²) >= 11 is 0. The molecule has 11 heteroatoms. The summed E-state index contributed by atoms with van der Waals surface area (Å²) in [7, 11) is 1.77. The fourth-order valence-electron chi connectivity index (χ4n) is 4.01. The Balaban J connectivity index is 1.69. The molecule has 2 aromatic rings. The first-order valence-electron chi connectivity index (χ1n) is 10.9. The van der Waals surface area contributed by atoms with E-state index >= 15 is 0 Å². The standard InChI is InChI=1S/C23H26F6N4O/c1-13-3-6-16(9-10-18(13)32-21(34)14-4-7-15(30-2)8-5-14)31-17-11-19(22(24,25)26)33-20(12-17)23(27,28)29/h4-5,7-8,11-13,16,18,30H,3,6,9-10H2,1-2H3,(H,31,33)(H,32,34)/t13?,16-,18-/m0/s1. The van der Waals surface area contributed by atoms with E-state index in [1.165, 1.54) is 0 Å². The first kappa shape index (κ1) is 25.6. The molecule has 1 heterocycles. The number of nitrogens with zero attached hydrogens (tertiary/aromatic N) is 1. The Morgan fingerprint density at radius 2 is 1.44 bits per heavy atom. The van der Waals surface area contributed by atoms with E-state index in [2.05, 4.69) is 20.9 Å². The Bertz CT molecular complexity index is 958. The molecule has 186 valence electrons. The van der Waals surface area contributed by atoms with Crippen molar-refractivity contribution in [3.05, 3.63) is 53.3 Å². The SMILES string of the molecule is CNc1ccc(C(=O)N[C@H]2CC[C@@H](Nc3cc(C(F)(F)F)nc(C(F)(F)F)c3)CCC2C)cc1. The highest BCUT2D eigenvalue weighted by atomic mass is 19.4. The summed E-state index contributed by atoms with van der Waals surface area (Å²) in [5.41, 5.74) is -2.10. The summed E-state index contributed by atoms with van der Waals surface area (Å²) in [5.74, 6) is -0.147. The molecule has 0 radical (unpaired) electrons. The van der Waals surface area contributed by atoms with Gasteiger partial charge in [0.2, 0.25) is 0 Å². The van der Waals surface area contributed by atoms with Crippen LogP contribution in [-0.4, -0.2) is 30.0 Å². The van der Waals surface area contributed by atoms with Crippen LogP contribution in [0.3, 0.4) is 0 Å². The summed E-state index contributed by atoms with van der Waals surface area (Å²) < 4.78 is 78.5. The highest BCUT2D eigenvalue weighted by Crippen LogP contribution is 2.36. The molecular formula is C23H26F6N4O. The van der Waals surface area contributed by atoms with E-state index in [1.807, 2.05) is 6.92 Å². The molecule has 1 aromatic carbocycles. The quantitative estimate of drug-likeness (QED) is 0.360. The molecule has 5 nitrogen and oxygen atoms in total. The number of amides is 1. The zero-order chi connectivity index (χ0) is 25.1. The number of nitrogens with one attached hydrogen (secondary N) is 3. The van der Waals surface area contributed by atoms with Gasteiger partial charge in [-0.25, -0.2) is 4.98 Å². The number of carbonyl (C=O) groups is 1. The minimum atomic E-state index is -5.00. The van der Waals surface area contributed by atoms with E-state index in [4.69, 9.17) is 0 Å². The van der Waals surface area contributed by atoms with Crippen molar-refractivity contribution in [3.8, 4) is 0 Å². The van der Waals surface area contributed by atoms with Crippen molar-refractivity contribution in [3.63, 3.8) is 0 Å². The molecule has 3 atom stereocenters. The Morgan fingerprint density at radius 1 is 0.882 bits per heavy atom. The third-order valence-electron chi connectivity index (χ3n) is 6.01. The van der Waals surface area contributed by atoms with Gasteiger partial charge in [0.25, 0.3) is 5.91 Å². The third kappa shape index (κ3) is 6.54. The lowest BCUT2D eigenvalue weighted by Gasteiger charge is -2.23. The van der Waals surface area contributed by atoms with Gasteiger partial charge in [-0.1, -0.05) is 6.92 Å². The fraction of sp³-hybridized carbons (Fsp3) is 0.478. The number of pyridine rings is 1. The topological polar surface area (TPSA) is 66.1 Å². The van der Waals surface area contributed by atoms with Crippen molar-refractivity contribution in [2.24, 2.45) is 5.92 Å². The first-order chi connectivity index (χ1) is 15.9. The molecule has 1 amide bonds. The van der Waals surface area contributed by atoms with Crippen LogP contribution in [0.2, 0.25) is 0 Å². The molecule has 0 aliphatic heterocycles. The van der Waals surface area contributed by atoms with Gasteiger partial charge in [0.05, 0.1) is 0 Å². The summed E-state index contributed by atoms with van der Waals surface area (Å²) in [6, 6.07) is 7.64. The van der Waals surface area contributed by atoms with E-state index in [9.17, 15) is 31.1 Å². The van der Waals surface area contributed by atoms with Crippen molar-refractivity contribution in [2.75, 3.05) is 17.7 Å². The maximum absolute atomic E-state index is 13.1. The number of rotatable bonds is 5. The molecule has 0 spiro atoms. The second-order valence-corrected chi connectivity index (χ2v) is 8.50. The number of aromatic nitrogens is 1. The van der Waals surface area contributed by atoms with Gasteiger partial charge in [-0.3, -0.25) is 4.79 Å². The van der Waals surface area contributed by atoms with Crippen molar-refractivity contribution in [1.82, 2.24) is 10.3 Å². The van der Waals surface area contributed by atoms with Gasteiger partial charge in [0.1, 0.15) is 11.4 Å². The second kappa shape index (κ2) is 10.1. The maximum Gasteiger partial charge on any atom is 0.433 e. The zero-order valence-electron chi connectivity index (χ0n) is 18.6. The molecule has 3 N–H and O–H groups in total. The van der Waals surface area contributed by atoms with E-state index in [1.54, 1.807) is 31.3 Å². The Hall–Kier alpha value is -2.98. The van der Waals surface area contributed by atoms with Crippen LogP contribution in [0.4, 0.5) is 37.7 Å². The molecule has 0 saturated heterocycles. The largest absolute Gasteiger partial charge is 0.433 e. The summed E-state index contributed by atoms with van der Waals surface area (Å²) in [6.07, 6.45) is -7.82. The zero-order valence-corrected chi connectivity index (χ0v) is 18.6. The number of carbonyl (C=O) groups excluding carboxylic acids is 1. The second-order valence-electron chi connectivity index (χ2n) is 8.50. The van der Waals surface area contributed by atoms with Gasteiger partial charge in [0, 0.05) is 36.1 Å². The number of anilines is 2. The minimum absolute atomic E-state index is 0.0845.